The number of aliphatic imine (C=N–C) groups is 1. The second-order valence-electron chi connectivity index (χ2n) is 8.10. The predicted octanol–water partition coefficient (Wildman–Crippen LogP) is 3.21. The number of rotatable bonds is 8. The third kappa shape index (κ3) is 7.15. The molecular formula is C23H37IN4O3. The van der Waals surface area contributed by atoms with E-state index in [4.69, 9.17) is 14.5 Å². The minimum atomic E-state index is 0. The summed E-state index contributed by atoms with van der Waals surface area (Å²) in [6, 6.07) is 6.23. The molecule has 31 heavy (non-hydrogen) atoms. The van der Waals surface area contributed by atoms with Crippen LogP contribution in [0.2, 0.25) is 0 Å². The molecule has 1 heterocycles. The van der Waals surface area contributed by atoms with Crippen molar-refractivity contribution in [1.82, 2.24) is 15.5 Å². The van der Waals surface area contributed by atoms with Crippen LogP contribution in [-0.2, 0) is 11.2 Å². The lowest BCUT2D eigenvalue weighted by Gasteiger charge is -2.21. The Bertz CT molecular complexity index is 738. The Kier molecular flexibility index (Phi) is 10.7. The lowest BCUT2D eigenvalue weighted by atomic mass is 10.1. The summed E-state index contributed by atoms with van der Waals surface area (Å²) in [5.74, 6) is 2.90. The van der Waals surface area contributed by atoms with E-state index < -0.39 is 0 Å². The molecule has 174 valence electrons. The van der Waals surface area contributed by atoms with E-state index in [9.17, 15) is 4.79 Å². The van der Waals surface area contributed by atoms with Crippen LogP contribution in [0.3, 0.4) is 0 Å². The zero-order chi connectivity index (χ0) is 21.3. The molecule has 1 aromatic carbocycles. The summed E-state index contributed by atoms with van der Waals surface area (Å²) in [7, 11) is 3.29. The quantitative estimate of drug-likeness (QED) is 0.299. The SMILES string of the molecule is CCNC(=NCCc1ccc(OC)c(OC)c1)NC1CCN(C(=O)C2CCCC2)C1.I. The average Bonchev–Trinajstić information content (AvgIpc) is 3.45. The highest BCUT2D eigenvalue weighted by molar-refractivity contribution is 14.0. The van der Waals surface area contributed by atoms with Crippen molar-refractivity contribution in [2.45, 2.75) is 51.5 Å². The Morgan fingerprint density at radius 2 is 1.90 bits per heavy atom. The van der Waals surface area contributed by atoms with Crippen molar-refractivity contribution in [2.75, 3.05) is 40.4 Å². The van der Waals surface area contributed by atoms with Gasteiger partial charge in [0.25, 0.3) is 0 Å². The molecule has 2 aliphatic rings. The number of carbonyl (C=O) groups excluding carboxylic acids is 1. The molecular weight excluding hydrogens is 507 g/mol. The van der Waals surface area contributed by atoms with Gasteiger partial charge in [-0.15, -0.1) is 24.0 Å². The molecule has 2 N–H and O–H groups in total. The molecule has 1 aromatic rings. The van der Waals surface area contributed by atoms with Gasteiger partial charge in [-0.1, -0.05) is 18.9 Å². The van der Waals surface area contributed by atoms with Crippen molar-refractivity contribution in [1.29, 1.82) is 0 Å². The van der Waals surface area contributed by atoms with Crippen molar-refractivity contribution in [3.8, 4) is 11.5 Å². The van der Waals surface area contributed by atoms with Gasteiger partial charge in [0.1, 0.15) is 0 Å². The molecule has 3 rings (SSSR count). The number of nitrogens with zero attached hydrogens (tertiary/aromatic N) is 2. The molecule has 1 saturated carbocycles. The minimum absolute atomic E-state index is 0. The van der Waals surface area contributed by atoms with E-state index in [1.165, 1.54) is 12.8 Å². The summed E-state index contributed by atoms with van der Waals surface area (Å²) in [5.41, 5.74) is 1.15. The van der Waals surface area contributed by atoms with Crippen LogP contribution >= 0.6 is 24.0 Å². The molecule has 1 aliphatic carbocycles. The van der Waals surface area contributed by atoms with Crippen molar-refractivity contribution >= 4 is 35.8 Å². The Balaban J connectivity index is 0.00000341. The zero-order valence-corrected chi connectivity index (χ0v) is 21.3. The number of likely N-dealkylation sites (tertiary alicyclic amines) is 1. The fourth-order valence-electron chi connectivity index (χ4n) is 4.36. The van der Waals surface area contributed by atoms with Crippen LogP contribution in [0.5, 0.6) is 11.5 Å². The third-order valence-electron chi connectivity index (χ3n) is 6.01. The number of guanidine groups is 1. The average molecular weight is 544 g/mol. The number of benzene rings is 1. The Hall–Kier alpha value is -1.71. The molecule has 0 bridgehead atoms. The molecule has 2 fully saturated rings. The number of carbonyl (C=O) groups is 1. The first-order valence-electron chi connectivity index (χ1n) is 11.2. The van der Waals surface area contributed by atoms with Gasteiger partial charge in [-0.25, -0.2) is 0 Å². The smallest absolute Gasteiger partial charge is 0.225 e. The molecule has 8 heteroatoms. The highest BCUT2D eigenvalue weighted by atomic mass is 127. The van der Waals surface area contributed by atoms with Crippen LogP contribution in [0, 0.1) is 5.92 Å². The topological polar surface area (TPSA) is 75.2 Å². The fourth-order valence-corrected chi connectivity index (χ4v) is 4.36. The minimum Gasteiger partial charge on any atom is -0.493 e. The van der Waals surface area contributed by atoms with E-state index >= 15 is 0 Å². The summed E-state index contributed by atoms with van der Waals surface area (Å²) in [6.45, 7) is 5.16. The monoisotopic (exact) mass is 544 g/mol. The van der Waals surface area contributed by atoms with Gasteiger partial charge in [-0.05, 0) is 50.3 Å². The molecule has 1 saturated heterocycles. The molecule has 1 aliphatic heterocycles. The fraction of sp³-hybridized carbons (Fsp3) is 0.652. The van der Waals surface area contributed by atoms with Gasteiger partial charge < -0.3 is 25.0 Å². The number of hydrogen-bond acceptors (Lipinski definition) is 4. The Labute approximate surface area is 203 Å². The maximum atomic E-state index is 12.7. The maximum absolute atomic E-state index is 12.7. The molecule has 0 spiro atoms. The normalized spacial score (nSPS) is 19.1. The van der Waals surface area contributed by atoms with Gasteiger partial charge in [0, 0.05) is 38.1 Å². The van der Waals surface area contributed by atoms with Crippen LogP contribution < -0.4 is 20.1 Å². The molecule has 1 unspecified atom stereocenters. The predicted molar refractivity (Wildman–Crippen MR) is 135 cm³/mol. The lowest BCUT2D eigenvalue weighted by Crippen LogP contribution is -2.45. The standard InChI is InChI=1S/C23H36N4O3.HI/c1-4-24-23(25-13-11-17-9-10-20(29-2)21(15-17)30-3)26-19-12-14-27(16-19)22(28)18-7-5-6-8-18;/h9-10,15,18-19H,4-8,11-14,16H2,1-3H3,(H2,24,25,26);1H. The first kappa shape index (κ1) is 25.5. The van der Waals surface area contributed by atoms with E-state index in [2.05, 4.69) is 17.6 Å². The van der Waals surface area contributed by atoms with Gasteiger partial charge in [0.2, 0.25) is 5.91 Å². The van der Waals surface area contributed by atoms with Gasteiger partial charge in [0.15, 0.2) is 17.5 Å². The number of halogens is 1. The van der Waals surface area contributed by atoms with Crippen LogP contribution in [0.25, 0.3) is 0 Å². The number of amides is 1. The molecule has 7 nitrogen and oxygen atoms in total. The molecule has 0 radical (unpaired) electrons. The summed E-state index contributed by atoms with van der Waals surface area (Å²) in [4.78, 5) is 19.4. The first-order valence-corrected chi connectivity index (χ1v) is 11.2. The van der Waals surface area contributed by atoms with Crippen LogP contribution in [0.15, 0.2) is 23.2 Å². The van der Waals surface area contributed by atoms with E-state index in [1.54, 1.807) is 14.2 Å². The van der Waals surface area contributed by atoms with Crippen molar-refractivity contribution in [2.24, 2.45) is 10.9 Å². The number of ether oxygens (including phenoxy) is 2. The van der Waals surface area contributed by atoms with Crippen molar-refractivity contribution < 1.29 is 14.3 Å². The lowest BCUT2D eigenvalue weighted by molar-refractivity contribution is -0.134. The third-order valence-corrected chi connectivity index (χ3v) is 6.01. The van der Waals surface area contributed by atoms with E-state index in [0.29, 0.717) is 12.5 Å². The molecule has 1 amide bonds. The zero-order valence-electron chi connectivity index (χ0n) is 19.0. The maximum Gasteiger partial charge on any atom is 0.225 e. The highest BCUT2D eigenvalue weighted by Gasteiger charge is 2.32. The van der Waals surface area contributed by atoms with Crippen LogP contribution in [-0.4, -0.2) is 63.2 Å². The second-order valence-corrected chi connectivity index (χ2v) is 8.10. The number of hydrogen-bond donors (Lipinski definition) is 2. The summed E-state index contributed by atoms with van der Waals surface area (Å²) in [6.07, 6.45) is 6.31. The first-order chi connectivity index (χ1) is 14.6. The number of nitrogens with one attached hydrogen (secondary N) is 2. The van der Waals surface area contributed by atoms with Gasteiger partial charge in [0.05, 0.1) is 14.2 Å². The second kappa shape index (κ2) is 13.0. The summed E-state index contributed by atoms with van der Waals surface area (Å²) in [5, 5.41) is 6.85. The van der Waals surface area contributed by atoms with Crippen molar-refractivity contribution in [3.63, 3.8) is 0 Å². The summed E-state index contributed by atoms with van der Waals surface area (Å²) >= 11 is 0. The molecule has 0 aromatic heterocycles. The largest absolute Gasteiger partial charge is 0.493 e. The van der Waals surface area contributed by atoms with Gasteiger partial charge >= 0.3 is 0 Å². The number of methoxy groups -OCH3 is 2. The summed E-state index contributed by atoms with van der Waals surface area (Å²) < 4.78 is 10.7. The van der Waals surface area contributed by atoms with Crippen LogP contribution in [0.4, 0.5) is 0 Å². The van der Waals surface area contributed by atoms with E-state index in [1.807, 2.05) is 23.1 Å². The van der Waals surface area contributed by atoms with Crippen molar-refractivity contribution in [3.05, 3.63) is 23.8 Å². The Morgan fingerprint density at radius 1 is 1.16 bits per heavy atom. The Morgan fingerprint density at radius 3 is 2.58 bits per heavy atom. The van der Waals surface area contributed by atoms with Crippen LogP contribution in [0.1, 0.15) is 44.6 Å². The molecule has 1 atom stereocenters. The van der Waals surface area contributed by atoms with E-state index in [-0.39, 0.29) is 35.9 Å². The highest BCUT2D eigenvalue weighted by Crippen LogP contribution is 2.28. The van der Waals surface area contributed by atoms with Gasteiger partial charge in [-0.3, -0.25) is 9.79 Å². The van der Waals surface area contributed by atoms with Gasteiger partial charge in [-0.2, -0.15) is 0 Å². The van der Waals surface area contributed by atoms with E-state index in [0.717, 1.165) is 68.3 Å².